The number of aryl methyl sites for hydroxylation is 1. The molecule has 0 aliphatic heterocycles. The minimum atomic E-state index is -0.317. The molecule has 1 heterocycles. The minimum Gasteiger partial charge on any atom is -0.324 e. The van der Waals surface area contributed by atoms with Gasteiger partial charge in [0.15, 0.2) is 0 Å². The van der Waals surface area contributed by atoms with Crippen LogP contribution in [0.4, 0.5) is 5.69 Å². The normalized spacial score (nSPS) is 10.2. The van der Waals surface area contributed by atoms with Crippen LogP contribution in [0.25, 0.3) is 0 Å². The molecule has 1 N–H and O–H groups in total. The average Bonchev–Trinajstić information content (AvgIpc) is 2.37. The van der Waals surface area contributed by atoms with Crippen molar-refractivity contribution >= 4 is 23.2 Å². The molecule has 0 aliphatic rings. The number of hydrogen-bond acceptors (Lipinski definition) is 3. The molecule has 0 atom stereocenters. The van der Waals surface area contributed by atoms with Gasteiger partial charge in [-0.3, -0.25) is 9.59 Å². The number of benzene rings is 1. The number of nitrogens with zero attached hydrogens (tertiary/aromatic N) is 2. The van der Waals surface area contributed by atoms with Crippen LogP contribution in [0.1, 0.15) is 5.69 Å². The first kappa shape index (κ1) is 13.3. The summed E-state index contributed by atoms with van der Waals surface area (Å²) >= 11 is 5.75. The van der Waals surface area contributed by atoms with Crippen molar-refractivity contribution in [3.8, 4) is 0 Å². The summed E-state index contributed by atoms with van der Waals surface area (Å²) in [4.78, 5) is 23.3. The second-order valence-corrected chi connectivity index (χ2v) is 4.46. The van der Waals surface area contributed by atoms with E-state index >= 15 is 0 Å². The van der Waals surface area contributed by atoms with Gasteiger partial charge in [0, 0.05) is 16.8 Å². The zero-order valence-electron chi connectivity index (χ0n) is 10.3. The maximum atomic E-state index is 11.8. The Morgan fingerprint density at radius 1 is 1.26 bits per heavy atom. The molecule has 0 unspecified atom stereocenters. The minimum absolute atomic E-state index is 0.122. The third-order valence-corrected chi connectivity index (χ3v) is 2.67. The van der Waals surface area contributed by atoms with Crippen LogP contribution < -0.4 is 10.9 Å². The van der Waals surface area contributed by atoms with Gasteiger partial charge in [-0.05, 0) is 37.3 Å². The van der Waals surface area contributed by atoms with E-state index in [0.717, 1.165) is 4.68 Å². The van der Waals surface area contributed by atoms with Gasteiger partial charge in [-0.15, -0.1) is 0 Å². The predicted octanol–water partition coefficient (Wildman–Crippen LogP) is 1.84. The van der Waals surface area contributed by atoms with Crippen molar-refractivity contribution in [2.75, 3.05) is 5.32 Å². The molecular weight excluding hydrogens is 266 g/mol. The molecule has 2 aromatic rings. The maximum absolute atomic E-state index is 11.8. The van der Waals surface area contributed by atoms with E-state index in [-0.39, 0.29) is 18.0 Å². The van der Waals surface area contributed by atoms with Crippen molar-refractivity contribution in [3.05, 3.63) is 57.5 Å². The smallest absolute Gasteiger partial charge is 0.267 e. The number of nitrogens with one attached hydrogen (secondary N) is 1. The third kappa shape index (κ3) is 3.66. The number of carbonyl (C=O) groups excluding carboxylic acids is 1. The van der Waals surface area contributed by atoms with Gasteiger partial charge in [0.2, 0.25) is 5.91 Å². The molecule has 0 spiro atoms. The lowest BCUT2D eigenvalue weighted by molar-refractivity contribution is -0.117. The molecule has 0 radical (unpaired) electrons. The molecular formula is C13H12ClN3O2. The van der Waals surface area contributed by atoms with Crippen molar-refractivity contribution in [2.45, 2.75) is 13.5 Å². The first-order valence-electron chi connectivity index (χ1n) is 5.65. The molecule has 0 saturated carbocycles. The molecule has 0 fully saturated rings. The Bertz CT molecular complexity index is 650. The van der Waals surface area contributed by atoms with E-state index in [1.807, 2.05) is 0 Å². The van der Waals surface area contributed by atoms with Gasteiger partial charge in [0.1, 0.15) is 6.54 Å². The monoisotopic (exact) mass is 277 g/mol. The van der Waals surface area contributed by atoms with Crippen LogP contribution in [0.5, 0.6) is 0 Å². The van der Waals surface area contributed by atoms with E-state index in [9.17, 15) is 9.59 Å². The van der Waals surface area contributed by atoms with E-state index in [1.165, 1.54) is 6.07 Å². The van der Waals surface area contributed by atoms with Gasteiger partial charge in [-0.25, -0.2) is 4.68 Å². The van der Waals surface area contributed by atoms with Crippen LogP contribution in [-0.2, 0) is 11.3 Å². The molecule has 5 nitrogen and oxygen atoms in total. The van der Waals surface area contributed by atoms with E-state index in [0.29, 0.717) is 16.4 Å². The topological polar surface area (TPSA) is 64.0 Å². The van der Waals surface area contributed by atoms with Gasteiger partial charge >= 0.3 is 0 Å². The van der Waals surface area contributed by atoms with Crippen LogP contribution in [0, 0.1) is 6.92 Å². The van der Waals surface area contributed by atoms with Gasteiger partial charge in [0.25, 0.3) is 5.56 Å². The lowest BCUT2D eigenvalue weighted by Gasteiger charge is -2.07. The maximum Gasteiger partial charge on any atom is 0.267 e. The standard InChI is InChI=1S/C13H12ClN3O2/c1-9-2-7-13(19)17(16-9)8-12(18)15-11-5-3-10(14)4-6-11/h2-7H,8H2,1H3,(H,15,18). The van der Waals surface area contributed by atoms with Gasteiger partial charge in [0.05, 0.1) is 5.69 Å². The molecule has 2 rings (SSSR count). The van der Waals surface area contributed by atoms with Crippen molar-refractivity contribution in [1.82, 2.24) is 9.78 Å². The lowest BCUT2D eigenvalue weighted by Crippen LogP contribution is -2.29. The highest BCUT2D eigenvalue weighted by Gasteiger charge is 2.06. The Morgan fingerprint density at radius 3 is 2.63 bits per heavy atom. The van der Waals surface area contributed by atoms with E-state index in [2.05, 4.69) is 10.4 Å². The summed E-state index contributed by atoms with van der Waals surface area (Å²) in [6, 6.07) is 9.72. The molecule has 0 aliphatic carbocycles. The highest BCUT2D eigenvalue weighted by atomic mass is 35.5. The summed E-state index contributed by atoms with van der Waals surface area (Å²) in [7, 11) is 0. The van der Waals surface area contributed by atoms with Crippen LogP contribution in [0.2, 0.25) is 5.02 Å². The number of halogens is 1. The van der Waals surface area contributed by atoms with Gasteiger partial charge in [-0.1, -0.05) is 11.6 Å². The molecule has 1 amide bonds. The average molecular weight is 278 g/mol. The lowest BCUT2D eigenvalue weighted by atomic mass is 10.3. The number of aromatic nitrogens is 2. The van der Waals surface area contributed by atoms with Crippen LogP contribution in [0.3, 0.4) is 0 Å². The largest absolute Gasteiger partial charge is 0.324 e. The second kappa shape index (κ2) is 5.67. The number of hydrogen-bond donors (Lipinski definition) is 1. The summed E-state index contributed by atoms with van der Waals surface area (Å²) in [5, 5.41) is 7.25. The van der Waals surface area contributed by atoms with E-state index in [1.54, 1.807) is 37.3 Å². The van der Waals surface area contributed by atoms with Crippen molar-refractivity contribution in [2.24, 2.45) is 0 Å². The number of anilines is 1. The zero-order valence-corrected chi connectivity index (χ0v) is 11.0. The quantitative estimate of drug-likeness (QED) is 0.931. The highest BCUT2D eigenvalue weighted by Crippen LogP contribution is 2.13. The Morgan fingerprint density at radius 2 is 1.95 bits per heavy atom. The Hall–Kier alpha value is -2.14. The zero-order chi connectivity index (χ0) is 13.8. The first-order chi connectivity index (χ1) is 9.04. The SMILES string of the molecule is Cc1ccc(=O)n(CC(=O)Nc2ccc(Cl)cc2)n1. The van der Waals surface area contributed by atoms with E-state index in [4.69, 9.17) is 11.6 Å². The first-order valence-corrected chi connectivity index (χ1v) is 6.02. The van der Waals surface area contributed by atoms with Crippen LogP contribution >= 0.6 is 11.6 Å². The van der Waals surface area contributed by atoms with Gasteiger partial charge in [-0.2, -0.15) is 5.10 Å². The summed E-state index contributed by atoms with van der Waals surface area (Å²) in [6.45, 7) is 1.64. The highest BCUT2D eigenvalue weighted by molar-refractivity contribution is 6.30. The number of carbonyl (C=O) groups is 1. The molecule has 19 heavy (non-hydrogen) atoms. The fraction of sp³-hybridized carbons (Fsp3) is 0.154. The Kier molecular flexibility index (Phi) is 3.97. The summed E-state index contributed by atoms with van der Waals surface area (Å²) < 4.78 is 1.13. The van der Waals surface area contributed by atoms with Crippen molar-refractivity contribution < 1.29 is 4.79 Å². The Balaban J connectivity index is 2.07. The number of amides is 1. The van der Waals surface area contributed by atoms with Crippen LogP contribution in [0.15, 0.2) is 41.2 Å². The van der Waals surface area contributed by atoms with Crippen molar-refractivity contribution in [3.63, 3.8) is 0 Å². The molecule has 1 aromatic carbocycles. The molecule has 98 valence electrons. The summed E-state index contributed by atoms with van der Waals surface area (Å²) in [6.07, 6.45) is 0. The molecule has 0 saturated heterocycles. The third-order valence-electron chi connectivity index (χ3n) is 2.42. The predicted molar refractivity (Wildman–Crippen MR) is 73.3 cm³/mol. The van der Waals surface area contributed by atoms with Gasteiger partial charge < -0.3 is 5.32 Å². The van der Waals surface area contributed by atoms with E-state index < -0.39 is 0 Å². The Labute approximate surface area is 114 Å². The fourth-order valence-electron chi connectivity index (χ4n) is 1.53. The summed E-state index contributed by atoms with van der Waals surface area (Å²) in [5.74, 6) is -0.317. The summed E-state index contributed by atoms with van der Waals surface area (Å²) in [5.41, 5.74) is 0.992. The molecule has 6 heteroatoms. The van der Waals surface area contributed by atoms with Crippen LogP contribution in [-0.4, -0.2) is 15.7 Å². The molecule has 0 bridgehead atoms. The van der Waals surface area contributed by atoms with Crippen molar-refractivity contribution in [1.29, 1.82) is 0 Å². The number of rotatable bonds is 3. The molecule has 1 aromatic heterocycles. The fourth-order valence-corrected chi connectivity index (χ4v) is 1.66. The second-order valence-electron chi connectivity index (χ2n) is 4.03.